The molecule has 9 rings (SSSR count). The van der Waals surface area contributed by atoms with E-state index in [9.17, 15) is 0 Å². The topological polar surface area (TPSA) is 43.6 Å². The first-order chi connectivity index (χ1) is 23.3. The van der Waals surface area contributed by atoms with Crippen molar-refractivity contribution in [2.45, 2.75) is 0 Å². The molecule has 0 spiro atoms. The lowest BCUT2D eigenvalue weighted by molar-refractivity contribution is 1.18. The van der Waals surface area contributed by atoms with E-state index < -0.39 is 0 Å². The molecule has 0 atom stereocenters. The Labute approximate surface area is 272 Å². The third-order valence-corrected chi connectivity index (χ3v) is 8.78. The zero-order valence-corrected chi connectivity index (χ0v) is 25.5. The van der Waals surface area contributed by atoms with E-state index in [1.807, 2.05) is 36.4 Å². The number of nitrogens with zero attached hydrogens (tertiary/aromatic N) is 4. The van der Waals surface area contributed by atoms with Crippen LogP contribution >= 0.6 is 0 Å². The van der Waals surface area contributed by atoms with Crippen molar-refractivity contribution >= 4 is 32.7 Å². The van der Waals surface area contributed by atoms with E-state index in [4.69, 9.17) is 15.0 Å². The molecular formula is C43H28N4. The molecule has 0 aliphatic carbocycles. The van der Waals surface area contributed by atoms with Crippen LogP contribution in [-0.2, 0) is 0 Å². The third-order valence-electron chi connectivity index (χ3n) is 8.78. The van der Waals surface area contributed by atoms with E-state index >= 15 is 0 Å². The maximum atomic E-state index is 5.35. The number of pyridine rings is 1. The lowest BCUT2D eigenvalue weighted by Crippen LogP contribution is -1.97. The summed E-state index contributed by atoms with van der Waals surface area (Å²) >= 11 is 0. The summed E-state index contributed by atoms with van der Waals surface area (Å²) in [6.07, 6.45) is 0. The van der Waals surface area contributed by atoms with Gasteiger partial charge in [0.25, 0.3) is 0 Å². The molecule has 0 N–H and O–H groups in total. The van der Waals surface area contributed by atoms with Gasteiger partial charge in [0.15, 0.2) is 5.82 Å². The van der Waals surface area contributed by atoms with Crippen molar-refractivity contribution in [3.05, 3.63) is 170 Å². The van der Waals surface area contributed by atoms with Crippen molar-refractivity contribution in [3.8, 4) is 50.8 Å². The highest BCUT2D eigenvalue weighted by Gasteiger charge is 2.21. The summed E-state index contributed by atoms with van der Waals surface area (Å²) in [5.74, 6) is 0.699. The Morgan fingerprint density at radius 2 is 0.979 bits per heavy atom. The molecule has 0 saturated heterocycles. The number of benzene rings is 6. The Bertz CT molecular complexity index is 2500. The molecule has 4 heteroatoms. The van der Waals surface area contributed by atoms with Gasteiger partial charge in [0.2, 0.25) is 0 Å². The quantitative estimate of drug-likeness (QED) is 0.197. The van der Waals surface area contributed by atoms with Crippen molar-refractivity contribution in [2.75, 3.05) is 0 Å². The summed E-state index contributed by atoms with van der Waals surface area (Å²) < 4.78 is 2.38. The van der Waals surface area contributed by atoms with Crippen LogP contribution in [0.25, 0.3) is 83.6 Å². The van der Waals surface area contributed by atoms with Crippen molar-refractivity contribution in [1.82, 2.24) is 19.5 Å². The predicted molar refractivity (Wildman–Crippen MR) is 193 cm³/mol. The zero-order chi connectivity index (χ0) is 31.2. The summed E-state index contributed by atoms with van der Waals surface area (Å²) in [7, 11) is 0. The molecule has 4 nitrogen and oxygen atoms in total. The Balaban J connectivity index is 1.31. The van der Waals surface area contributed by atoms with Crippen LogP contribution in [0, 0.1) is 0 Å². The van der Waals surface area contributed by atoms with Gasteiger partial charge in [0.05, 0.1) is 33.6 Å². The highest BCUT2D eigenvalue weighted by atomic mass is 15.0. The van der Waals surface area contributed by atoms with Gasteiger partial charge in [0, 0.05) is 44.1 Å². The highest BCUT2D eigenvalue weighted by molar-refractivity contribution is 6.22. The number of hydrogen-bond donors (Lipinski definition) is 0. The summed E-state index contributed by atoms with van der Waals surface area (Å²) in [6, 6.07) is 58.9. The molecule has 0 unspecified atom stereocenters. The maximum Gasteiger partial charge on any atom is 0.160 e. The monoisotopic (exact) mass is 600 g/mol. The van der Waals surface area contributed by atoms with Gasteiger partial charge >= 0.3 is 0 Å². The smallest absolute Gasteiger partial charge is 0.160 e. The molecule has 220 valence electrons. The van der Waals surface area contributed by atoms with Crippen LogP contribution in [0.3, 0.4) is 0 Å². The Morgan fingerprint density at radius 3 is 1.74 bits per heavy atom. The van der Waals surface area contributed by atoms with Gasteiger partial charge in [-0.1, -0.05) is 133 Å². The summed E-state index contributed by atoms with van der Waals surface area (Å²) in [4.78, 5) is 15.4. The molecular weight excluding hydrogens is 573 g/mol. The molecule has 0 fully saturated rings. The molecule has 3 aromatic heterocycles. The van der Waals surface area contributed by atoms with E-state index in [1.165, 1.54) is 5.39 Å². The summed E-state index contributed by atoms with van der Waals surface area (Å²) in [6.45, 7) is 0. The van der Waals surface area contributed by atoms with E-state index in [2.05, 4.69) is 138 Å². The minimum atomic E-state index is 0.699. The van der Waals surface area contributed by atoms with Crippen molar-refractivity contribution < 1.29 is 0 Å². The number of aromatic nitrogens is 4. The first-order valence-corrected chi connectivity index (χ1v) is 15.8. The lowest BCUT2D eigenvalue weighted by atomic mass is 9.99. The van der Waals surface area contributed by atoms with Crippen molar-refractivity contribution in [3.63, 3.8) is 0 Å². The minimum Gasteiger partial charge on any atom is -0.308 e. The van der Waals surface area contributed by atoms with E-state index in [1.54, 1.807) is 0 Å². The van der Waals surface area contributed by atoms with Gasteiger partial charge in [-0.2, -0.15) is 0 Å². The van der Waals surface area contributed by atoms with Crippen LogP contribution in [0.5, 0.6) is 0 Å². The molecule has 0 amide bonds. The second-order valence-corrected chi connectivity index (χ2v) is 11.7. The second kappa shape index (κ2) is 11.2. The number of hydrogen-bond acceptors (Lipinski definition) is 3. The fraction of sp³-hybridized carbons (Fsp3) is 0. The minimum absolute atomic E-state index is 0.699. The number of fused-ring (bicyclic) bond motifs is 5. The molecule has 0 radical (unpaired) electrons. The first kappa shape index (κ1) is 27.0. The molecule has 6 aromatic carbocycles. The molecule has 0 saturated carbocycles. The normalized spacial score (nSPS) is 11.4. The average Bonchev–Trinajstić information content (AvgIpc) is 3.51. The molecule has 3 heterocycles. The van der Waals surface area contributed by atoms with Gasteiger partial charge in [-0.3, -0.25) is 0 Å². The molecule has 47 heavy (non-hydrogen) atoms. The van der Waals surface area contributed by atoms with Gasteiger partial charge in [0.1, 0.15) is 0 Å². The van der Waals surface area contributed by atoms with Gasteiger partial charge in [-0.05, 0) is 36.4 Å². The third kappa shape index (κ3) is 4.66. The SMILES string of the molecule is c1ccc(-c2cc(-c3cccc(-c4nc5ccccc5c5c4c4ccccc4n5-c4ccccc4)c3)nc(-c3ccccc3)n2)cc1. The van der Waals surface area contributed by atoms with Crippen molar-refractivity contribution in [1.29, 1.82) is 0 Å². The fourth-order valence-corrected chi connectivity index (χ4v) is 6.63. The van der Waals surface area contributed by atoms with Crippen LogP contribution in [-0.4, -0.2) is 19.5 Å². The van der Waals surface area contributed by atoms with Crippen LogP contribution in [0.2, 0.25) is 0 Å². The number of para-hydroxylation sites is 3. The predicted octanol–water partition coefficient (Wildman–Crippen LogP) is 10.8. The highest BCUT2D eigenvalue weighted by Crippen LogP contribution is 2.41. The maximum absolute atomic E-state index is 5.35. The standard InChI is InChI=1S/C43H28N4/c1-4-15-29(16-5-1)37-28-38(46-43(45-37)30-17-6-2-7-18-30)31-19-14-20-32(27-31)41-40-35-24-11-13-26-39(35)47(33-21-8-3-9-22-33)42(40)34-23-10-12-25-36(34)44-41/h1-28H. The molecule has 0 aliphatic heterocycles. The molecule has 0 aliphatic rings. The fourth-order valence-electron chi connectivity index (χ4n) is 6.63. The zero-order valence-electron chi connectivity index (χ0n) is 25.5. The van der Waals surface area contributed by atoms with Gasteiger partial charge in [-0.15, -0.1) is 0 Å². The number of rotatable bonds is 5. The van der Waals surface area contributed by atoms with Crippen molar-refractivity contribution in [2.24, 2.45) is 0 Å². The molecule has 0 bridgehead atoms. The van der Waals surface area contributed by atoms with Crippen LogP contribution in [0.4, 0.5) is 0 Å². The van der Waals surface area contributed by atoms with Crippen LogP contribution in [0.15, 0.2) is 170 Å². The van der Waals surface area contributed by atoms with Crippen LogP contribution in [0.1, 0.15) is 0 Å². The average molecular weight is 601 g/mol. The lowest BCUT2D eigenvalue weighted by Gasteiger charge is -2.13. The Morgan fingerprint density at radius 1 is 0.404 bits per heavy atom. The van der Waals surface area contributed by atoms with Crippen LogP contribution < -0.4 is 0 Å². The summed E-state index contributed by atoms with van der Waals surface area (Å²) in [5, 5.41) is 3.43. The Hall–Kier alpha value is -6.39. The van der Waals surface area contributed by atoms with Gasteiger partial charge < -0.3 is 4.57 Å². The van der Waals surface area contributed by atoms with E-state index in [0.29, 0.717) is 5.82 Å². The van der Waals surface area contributed by atoms with E-state index in [0.717, 1.165) is 72.3 Å². The first-order valence-electron chi connectivity index (χ1n) is 15.8. The second-order valence-electron chi connectivity index (χ2n) is 11.7. The summed E-state index contributed by atoms with van der Waals surface area (Å²) in [5.41, 5.74) is 11.2. The largest absolute Gasteiger partial charge is 0.308 e. The van der Waals surface area contributed by atoms with Gasteiger partial charge in [-0.25, -0.2) is 15.0 Å². The Kier molecular flexibility index (Phi) is 6.43. The molecule has 9 aromatic rings. The van der Waals surface area contributed by atoms with E-state index in [-0.39, 0.29) is 0 Å².